The van der Waals surface area contributed by atoms with E-state index >= 15 is 0 Å². The second-order valence-electron chi connectivity index (χ2n) is 12.5. The van der Waals surface area contributed by atoms with Crippen LogP contribution in [0, 0.1) is 16.7 Å². The third-order valence-electron chi connectivity index (χ3n) is 8.05. The molecular weight excluding hydrogens is 586 g/mol. The third kappa shape index (κ3) is 5.24. The molecule has 3 aromatic heterocycles. The lowest BCUT2D eigenvalue weighted by atomic mass is 9.96. The number of hydrogen-bond acceptors (Lipinski definition) is 7. The number of nitrogens with one attached hydrogen (secondary N) is 2. The number of pyridine rings is 2. The van der Waals surface area contributed by atoms with Crippen LogP contribution in [0.4, 0.5) is 20.2 Å². The van der Waals surface area contributed by atoms with Crippen LogP contribution >= 0.6 is 11.6 Å². The fourth-order valence-corrected chi connectivity index (χ4v) is 5.67. The Kier molecular flexibility index (Phi) is 7.28. The smallest absolute Gasteiger partial charge is 0.263 e. The first-order valence-corrected chi connectivity index (χ1v) is 14.6. The predicted molar refractivity (Wildman–Crippen MR) is 167 cm³/mol. The number of fused-ring (bicyclic) bond motifs is 2. The molecule has 1 aliphatic rings. The number of benzene rings is 2. The van der Waals surface area contributed by atoms with Crippen LogP contribution in [0.15, 0.2) is 59.8 Å². The van der Waals surface area contributed by atoms with Crippen LogP contribution in [0.2, 0.25) is 5.02 Å². The molecule has 1 fully saturated rings. The molecule has 9 nitrogen and oxygen atoms in total. The van der Waals surface area contributed by atoms with Crippen LogP contribution in [0.3, 0.4) is 0 Å². The molecule has 1 unspecified atom stereocenters. The average Bonchev–Trinajstić information content (AvgIpc) is 3.66. The predicted octanol–water partition coefficient (Wildman–Crippen LogP) is 6.62. The van der Waals surface area contributed by atoms with Crippen LogP contribution in [0.1, 0.15) is 56.5 Å². The summed E-state index contributed by atoms with van der Waals surface area (Å²) < 4.78 is 30.7. The van der Waals surface area contributed by atoms with Crippen molar-refractivity contribution in [3.63, 3.8) is 0 Å². The van der Waals surface area contributed by atoms with Gasteiger partial charge < -0.3 is 15.2 Å². The summed E-state index contributed by atoms with van der Waals surface area (Å²) in [5, 5.41) is 27.4. The second kappa shape index (κ2) is 10.9. The molecule has 0 bridgehead atoms. The summed E-state index contributed by atoms with van der Waals surface area (Å²) in [5.41, 5.74) is 1.61. The van der Waals surface area contributed by atoms with E-state index in [1.165, 1.54) is 15.4 Å². The zero-order chi connectivity index (χ0) is 31.4. The van der Waals surface area contributed by atoms with Crippen molar-refractivity contribution in [2.75, 3.05) is 17.2 Å². The van der Waals surface area contributed by atoms with Crippen molar-refractivity contribution < 1.29 is 8.78 Å². The molecule has 0 amide bonds. The van der Waals surface area contributed by atoms with Gasteiger partial charge in [-0.1, -0.05) is 49.7 Å². The molecule has 0 aliphatic heterocycles. The molecule has 6 rings (SSSR count). The Labute approximate surface area is 257 Å². The van der Waals surface area contributed by atoms with Crippen molar-refractivity contribution in [3.05, 3.63) is 87.2 Å². The van der Waals surface area contributed by atoms with Crippen LogP contribution in [0.25, 0.3) is 21.7 Å². The fourth-order valence-electron chi connectivity index (χ4n) is 5.40. The molecule has 226 valence electrons. The number of aryl methyl sites for hydroxylation is 1. The van der Waals surface area contributed by atoms with E-state index in [9.17, 15) is 18.8 Å². The van der Waals surface area contributed by atoms with Gasteiger partial charge in [0.05, 0.1) is 34.0 Å². The summed E-state index contributed by atoms with van der Waals surface area (Å²) in [4.78, 5) is 17.5. The number of hydrogen-bond donors (Lipinski definition) is 2. The maximum atomic E-state index is 14.0. The van der Waals surface area contributed by atoms with Crippen molar-refractivity contribution >= 4 is 44.7 Å². The van der Waals surface area contributed by atoms with Crippen molar-refractivity contribution in [3.8, 4) is 6.07 Å². The summed E-state index contributed by atoms with van der Waals surface area (Å²) in [7, 11) is 1.68. The van der Waals surface area contributed by atoms with Crippen molar-refractivity contribution in [1.29, 1.82) is 5.26 Å². The van der Waals surface area contributed by atoms with Gasteiger partial charge in [0.15, 0.2) is 0 Å². The van der Waals surface area contributed by atoms with Gasteiger partial charge in [-0.15, -0.1) is 5.10 Å². The van der Waals surface area contributed by atoms with Gasteiger partial charge in [0.25, 0.3) is 12.0 Å². The van der Waals surface area contributed by atoms with Gasteiger partial charge in [-0.3, -0.25) is 9.78 Å². The van der Waals surface area contributed by atoms with E-state index in [1.54, 1.807) is 37.6 Å². The quantitative estimate of drug-likeness (QED) is 0.201. The summed E-state index contributed by atoms with van der Waals surface area (Å²) in [5.74, 6) is 0. The van der Waals surface area contributed by atoms with Gasteiger partial charge in [0.1, 0.15) is 17.3 Å². The Morgan fingerprint density at radius 2 is 1.93 bits per heavy atom. The monoisotopic (exact) mass is 616 g/mol. The summed E-state index contributed by atoms with van der Waals surface area (Å²) in [6.45, 7) is 6.86. The lowest BCUT2D eigenvalue weighted by Gasteiger charge is -2.23. The van der Waals surface area contributed by atoms with Gasteiger partial charge >= 0.3 is 0 Å². The van der Waals surface area contributed by atoms with Gasteiger partial charge in [0.2, 0.25) is 0 Å². The number of aromatic nitrogens is 5. The molecule has 0 spiro atoms. The molecule has 1 aliphatic carbocycles. The van der Waals surface area contributed by atoms with Gasteiger partial charge in [0, 0.05) is 42.4 Å². The molecule has 2 N–H and O–H groups in total. The molecule has 12 heteroatoms. The minimum absolute atomic E-state index is 0.0680. The minimum Gasteiger partial charge on any atom is -0.383 e. The highest BCUT2D eigenvalue weighted by Gasteiger charge is 2.54. The number of rotatable bonds is 8. The lowest BCUT2D eigenvalue weighted by molar-refractivity contribution is 0.0593. The zero-order valence-electron chi connectivity index (χ0n) is 24.7. The summed E-state index contributed by atoms with van der Waals surface area (Å²) in [6.07, 6.45) is 2.78. The maximum absolute atomic E-state index is 14.0. The third-order valence-corrected chi connectivity index (χ3v) is 8.34. The molecule has 2 aromatic carbocycles. The van der Waals surface area contributed by atoms with E-state index in [0.717, 1.165) is 0 Å². The molecule has 3 heterocycles. The van der Waals surface area contributed by atoms with Crippen LogP contribution in [-0.2, 0) is 12.6 Å². The fraction of sp³-hybridized carbons (Fsp3) is 0.344. The maximum Gasteiger partial charge on any atom is 0.263 e. The number of anilines is 2. The Morgan fingerprint density at radius 3 is 2.61 bits per heavy atom. The number of alkyl halides is 2. The van der Waals surface area contributed by atoms with Crippen molar-refractivity contribution in [2.24, 2.45) is 12.5 Å². The van der Waals surface area contributed by atoms with E-state index in [1.807, 2.05) is 18.2 Å². The lowest BCUT2D eigenvalue weighted by Crippen LogP contribution is -2.26. The Bertz CT molecular complexity index is 2000. The highest BCUT2D eigenvalue weighted by molar-refractivity contribution is 6.35. The first-order chi connectivity index (χ1) is 20.9. The largest absolute Gasteiger partial charge is 0.383 e. The first-order valence-electron chi connectivity index (χ1n) is 14.2. The van der Waals surface area contributed by atoms with E-state index < -0.39 is 18.0 Å². The van der Waals surface area contributed by atoms with Crippen molar-refractivity contribution in [1.82, 2.24) is 24.5 Å². The number of halogens is 3. The minimum atomic E-state index is -2.58. The average molecular weight is 617 g/mol. The Hall–Kier alpha value is -4.56. The Balaban J connectivity index is 1.51. The van der Waals surface area contributed by atoms with E-state index in [0.29, 0.717) is 74.3 Å². The van der Waals surface area contributed by atoms with Gasteiger partial charge in [-0.25, -0.2) is 13.5 Å². The van der Waals surface area contributed by atoms with E-state index in [4.69, 9.17) is 11.6 Å². The zero-order valence-corrected chi connectivity index (χ0v) is 25.5. The molecule has 5 aromatic rings. The van der Waals surface area contributed by atoms with Gasteiger partial charge in [-0.05, 0) is 53.5 Å². The molecule has 0 saturated heterocycles. The topological polar surface area (TPSA) is 113 Å². The summed E-state index contributed by atoms with van der Waals surface area (Å²) in [6, 6.07) is 12.3. The molecular formula is C32H31ClF2N8O. The SMILES string of the molecule is Cn1ccc2c(C(Nc3cc(Cl)c4ncc(C#N)c(NCC(C)(C)C)c4c3)c3cn(C4(C(F)F)CC4)nn3)cccc2c1=O. The van der Waals surface area contributed by atoms with Crippen molar-refractivity contribution in [2.45, 2.75) is 51.6 Å². The van der Waals surface area contributed by atoms with Crippen LogP contribution < -0.4 is 16.2 Å². The van der Waals surface area contributed by atoms with Crippen LogP contribution in [-0.4, -0.2) is 37.5 Å². The normalized spacial score (nSPS) is 15.0. The molecule has 0 radical (unpaired) electrons. The Morgan fingerprint density at radius 1 is 1.16 bits per heavy atom. The van der Waals surface area contributed by atoms with Gasteiger partial charge in [-0.2, -0.15) is 5.26 Å². The van der Waals surface area contributed by atoms with Crippen LogP contribution in [0.5, 0.6) is 0 Å². The first kappa shape index (κ1) is 29.5. The standard InChI is InChI=1S/C32H31ClF2N8O/c1-31(2,3)17-38-26-18(14-36)15-37-27-23(26)12-19(13-24(27)33)39-28(25-16-43(41-40-25)32(9-10-32)30(34)35)21-6-5-7-22-20(21)8-11-42(4)29(22)44/h5-8,11-13,15-16,28,30,39H,9-10,17H2,1-4H3,(H,37,38). The highest BCUT2D eigenvalue weighted by Crippen LogP contribution is 2.48. The summed E-state index contributed by atoms with van der Waals surface area (Å²) >= 11 is 6.76. The molecule has 1 atom stereocenters. The molecule has 1 saturated carbocycles. The second-order valence-corrected chi connectivity index (χ2v) is 12.9. The van der Waals surface area contributed by atoms with E-state index in [-0.39, 0.29) is 11.0 Å². The highest BCUT2D eigenvalue weighted by atomic mass is 35.5. The molecule has 44 heavy (non-hydrogen) atoms. The van der Waals surface area contributed by atoms with E-state index in [2.05, 4.69) is 52.8 Å². The number of nitriles is 1. The number of nitrogens with zero attached hydrogens (tertiary/aromatic N) is 6.